The molecule has 1 atom stereocenters. The number of unbranched alkanes of at least 4 members (excludes halogenated alkanes) is 24. The molecule has 0 aliphatic heterocycles. The molecule has 6 nitrogen and oxygen atoms in total. The Balaban J connectivity index is 4.39. The van der Waals surface area contributed by atoms with E-state index in [0.29, 0.717) is 19.3 Å². The standard InChI is InChI=1S/C60H102O6/c1-4-7-10-13-16-19-22-24-26-28-29-30-31-33-34-36-38-41-44-47-50-53-59(62)65-56-57(55-64-58(61)52-49-46-43-40-21-18-15-12-9-6-3)66-60(63)54-51-48-45-42-39-37-35-32-27-25-23-20-17-14-11-8-5-2/h8,11,17,20,22,24-25,27-29,31,33,35,37,57H,4-7,9-10,12-16,18-19,21,23,26,30,32,34,36,38-56H2,1-3H3/b11-8-,20-17-,24-22-,27-25-,29-28-,33-31-,37-35-. The summed E-state index contributed by atoms with van der Waals surface area (Å²) in [6.07, 6.45) is 70.0. The van der Waals surface area contributed by atoms with Gasteiger partial charge in [0.1, 0.15) is 13.2 Å². The highest BCUT2D eigenvalue weighted by molar-refractivity contribution is 5.71. The summed E-state index contributed by atoms with van der Waals surface area (Å²) in [5, 5.41) is 0. The summed E-state index contributed by atoms with van der Waals surface area (Å²) in [6.45, 7) is 6.47. The first-order valence-electron chi connectivity index (χ1n) is 27.6. The second-order valence-electron chi connectivity index (χ2n) is 18.1. The van der Waals surface area contributed by atoms with Gasteiger partial charge in [-0.1, -0.05) is 228 Å². The van der Waals surface area contributed by atoms with Crippen LogP contribution < -0.4 is 0 Å². The monoisotopic (exact) mass is 919 g/mol. The normalized spacial score (nSPS) is 12.7. The van der Waals surface area contributed by atoms with Gasteiger partial charge in [-0.2, -0.15) is 0 Å². The molecule has 0 heterocycles. The van der Waals surface area contributed by atoms with E-state index in [-0.39, 0.29) is 31.1 Å². The van der Waals surface area contributed by atoms with Gasteiger partial charge >= 0.3 is 17.9 Å². The molecule has 0 rings (SSSR count). The van der Waals surface area contributed by atoms with Crippen LogP contribution in [0.25, 0.3) is 0 Å². The third-order valence-electron chi connectivity index (χ3n) is 11.6. The van der Waals surface area contributed by atoms with Crippen molar-refractivity contribution < 1.29 is 28.6 Å². The summed E-state index contributed by atoms with van der Waals surface area (Å²) in [5.74, 6) is -0.926. The number of hydrogen-bond acceptors (Lipinski definition) is 6. The molecule has 0 N–H and O–H groups in total. The van der Waals surface area contributed by atoms with Gasteiger partial charge in [0, 0.05) is 19.3 Å². The molecule has 0 aliphatic carbocycles. The predicted molar refractivity (Wildman–Crippen MR) is 284 cm³/mol. The van der Waals surface area contributed by atoms with Gasteiger partial charge < -0.3 is 14.2 Å². The van der Waals surface area contributed by atoms with Gasteiger partial charge in [0.2, 0.25) is 0 Å². The van der Waals surface area contributed by atoms with E-state index in [2.05, 4.69) is 106 Å². The zero-order valence-corrected chi connectivity index (χ0v) is 43.2. The highest BCUT2D eigenvalue weighted by Gasteiger charge is 2.19. The third-order valence-corrected chi connectivity index (χ3v) is 11.6. The van der Waals surface area contributed by atoms with Crippen molar-refractivity contribution in [1.29, 1.82) is 0 Å². The Morgan fingerprint density at radius 2 is 0.591 bits per heavy atom. The number of carbonyl (C=O) groups excluding carboxylic acids is 3. The van der Waals surface area contributed by atoms with E-state index in [0.717, 1.165) is 116 Å². The van der Waals surface area contributed by atoms with Crippen LogP contribution in [0.2, 0.25) is 0 Å². The average Bonchev–Trinajstić information content (AvgIpc) is 3.31. The number of rotatable bonds is 49. The number of esters is 3. The Morgan fingerprint density at radius 1 is 0.318 bits per heavy atom. The minimum absolute atomic E-state index is 0.0900. The van der Waals surface area contributed by atoms with Gasteiger partial charge in [-0.15, -0.1) is 0 Å². The van der Waals surface area contributed by atoms with Crippen molar-refractivity contribution in [3.05, 3.63) is 85.1 Å². The highest BCUT2D eigenvalue weighted by Crippen LogP contribution is 2.14. The van der Waals surface area contributed by atoms with Crippen LogP contribution in [0, 0.1) is 0 Å². The molecule has 0 aromatic rings. The molecule has 0 aliphatic rings. The topological polar surface area (TPSA) is 78.9 Å². The first kappa shape index (κ1) is 62.6. The fraction of sp³-hybridized carbons (Fsp3) is 0.717. The molecule has 0 spiro atoms. The second-order valence-corrected chi connectivity index (χ2v) is 18.1. The minimum atomic E-state index is -0.793. The van der Waals surface area contributed by atoms with E-state index in [1.54, 1.807) is 0 Å². The summed E-state index contributed by atoms with van der Waals surface area (Å²) in [6, 6.07) is 0. The number of ether oxygens (including phenoxy) is 3. The quantitative estimate of drug-likeness (QED) is 0.0262. The lowest BCUT2D eigenvalue weighted by atomic mass is 10.1. The molecule has 0 saturated heterocycles. The van der Waals surface area contributed by atoms with Gasteiger partial charge in [0.25, 0.3) is 0 Å². The Hall–Kier alpha value is -3.41. The fourth-order valence-electron chi connectivity index (χ4n) is 7.50. The molecule has 0 amide bonds. The first-order valence-corrected chi connectivity index (χ1v) is 27.6. The van der Waals surface area contributed by atoms with Crippen LogP contribution in [0.15, 0.2) is 85.1 Å². The molecule has 6 heteroatoms. The van der Waals surface area contributed by atoms with Crippen LogP contribution in [0.5, 0.6) is 0 Å². The molecule has 1 unspecified atom stereocenters. The van der Waals surface area contributed by atoms with E-state index in [1.165, 1.54) is 103 Å². The van der Waals surface area contributed by atoms with E-state index in [1.807, 2.05) is 0 Å². The molecule has 66 heavy (non-hydrogen) atoms. The van der Waals surface area contributed by atoms with E-state index < -0.39 is 6.10 Å². The number of carbonyl (C=O) groups is 3. The molecule has 0 aromatic heterocycles. The first-order chi connectivity index (χ1) is 32.5. The summed E-state index contributed by atoms with van der Waals surface area (Å²) < 4.78 is 16.8. The summed E-state index contributed by atoms with van der Waals surface area (Å²) in [4.78, 5) is 38.0. The van der Waals surface area contributed by atoms with Crippen molar-refractivity contribution >= 4 is 17.9 Å². The molecule has 0 radical (unpaired) electrons. The summed E-state index contributed by atoms with van der Waals surface area (Å²) >= 11 is 0. The average molecular weight is 919 g/mol. The van der Waals surface area contributed by atoms with E-state index in [9.17, 15) is 14.4 Å². The maximum Gasteiger partial charge on any atom is 0.306 e. The van der Waals surface area contributed by atoms with E-state index in [4.69, 9.17) is 14.2 Å². The van der Waals surface area contributed by atoms with Gasteiger partial charge in [0.05, 0.1) is 0 Å². The Kier molecular flexibility index (Phi) is 51.4. The zero-order chi connectivity index (χ0) is 47.9. The van der Waals surface area contributed by atoms with Crippen molar-refractivity contribution in [2.75, 3.05) is 13.2 Å². The second kappa shape index (κ2) is 54.2. The lowest BCUT2D eigenvalue weighted by molar-refractivity contribution is -0.167. The smallest absolute Gasteiger partial charge is 0.306 e. The Labute approximate surface area is 407 Å². The highest BCUT2D eigenvalue weighted by atomic mass is 16.6. The van der Waals surface area contributed by atoms with Crippen molar-refractivity contribution in [2.24, 2.45) is 0 Å². The van der Waals surface area contributed by atoms with Crippen molar-refractivity contribution in [3.63, 3.8) is 0 Å². The van der Waals surface area contributed by atoms with Crippen LogP contribution in [-0.4, -0.2) is 37.2 Å². The maximum atomic E-state index is 12.8. The molecular formula is C60H102O6. The number of allylic oxidation sites excluding steroid dienone is 14. The molecule has 0 fully saturated rings. The minimum Gasteiger partial charge on any atom is -0.462 e. The molecule has 0 saturated carbocycles. The molecule has 378 valence electrons. The lowest BCUT2D eigenvalue weighted by Gasteiger charge is -2.18. The van der Waals surface area contributed by atoms with Crippen molar-refractivity contribution in [1.82, 2.24) is 0 Å². The third kappa shape index (κ3) is 51.6. The fourth-order valence-corrected chi connectivity index (χ4v) is 7.50. The van der Waals surface area contributed by atoms with Crippen LogP contribution in [0.4, 0.5) is 0 Å². The van der Waals surface area contributed by atoms with Gasteiger partial charge in [0.15, 0.2) is 6.10 Å². The number of hydrogen-bond donors (Lipinski definition) is 0. The Bertz CT molecular complexity index is 1290. The SMILES string of the molecule is CC/C=C\C/C=C\C/C=C\C/C=C\CCCCCCC(=O)OC(COC(=O)CCCCCCCC/C=C\C/C=C\C/C=C\CCCCCCC)COC(=O)CCCCCCCCCCCC. The van der Waals surface area contributed by atoms with Crippen molar-refractivity contribution in [2.45, 2.75) is 264 Å². The summed E-state index contributed by atoms with van der Waals surface area (Å²) in [7, 11) is 0. The van der Waals surface area contributed by atoms with Gasteiger partial charge in [-0.25, -0.2) is 0 Å². The lowest BCUT2D eigenvalue weighted by Crippen LogP contribution is -2.30. The largest absolute Gasteiger partial charge is 0.462 e. The molecule has 0 bridgehead atoms. The maximum absolute atomic E-state index is 12.8. The summed E-state index contributed by atoms with van der Waals surface area (Å²) in [5.41, 5.74) is 0. The zero-order valence-electron chi connectivity index (χ0n) is 43.2. The van der Waals surface area contributed by atoms with Gasteiger partial charge in [-0.3, -0.25) is 14.4 Å². The predicted octanol–water partition coefficient (Wildman–Crippen LogP) is 18.4. The van der Waals surface area contributed by atoms with Crippen LogP contribution >= 0.6 is 0 Å². The van der Waals surface area contributed by atoms with E-state index >= 15 is 0 Å². The Morgan fingerprint density at radius 3 is 0.924 bits per heavy atom. The van der Waals surface area contributed by atoms with Crippen LogP contribution in [0.1, 0.15) is 258 Å². The van der Waals surface area contributed by atoms with Crippen molar-refractivity contribution in [3.8, 4) is 0 Å². The molecule has 0 aromatic carbocycles. The van der Waals surface area contributed by atoms with Crippen LogP contribution in [-0.2, 0) is 28.6 Å². The van der Waals surface area contributed by atoms with Crippen LogP contribution in [0.3, 0.4) is 0 Å². The van der Waals surface area contributed by atoms with Gasteiger partial charge in [-0.05, 0) is 96.3 Å². The molecular weight excluding hydrogens is 817 g/mol.